The van der Waals surface area contributed by atoms with Crippen molar-refractivity contribution in [3.05, 3.63) is 104 Å². The summed E-state index contributed by atoms with van der Waals surface area (Å²) in [5, 5.41) is 20.8. The molecule has 0 aliphatic rings. The molecule has 0 fully saturated rings. The molecule has 0 spiro atoms. The Kier molecular flexibility index (Phi) is 6.14. The Morgan fingerprint density at radius 1 is 0.917 bits per heavy atom. The Morgan fingerprint density at radius 2 is 1.75 bits per heavy atom. The molecule has 36 heavy (non-hydrogen) atoms. The SMILES string of the molecule is C=CC(=O)Nc1ccc(-c2cn(-c3cccc(NC(=O)c4cccc(-c5ccn[nH]5)n4)c3)nn2)cc1. The summed E-state index contributed by atoms with van der Waals surface area (Å²) in [6.07, 6.45) is 4.63. The highest BCUT2D eigenvalue weighted by atomic mass is 16.2. The molecule has 0 saturated heterocycles. The molecule has 10 heteroatoms. The lowest BCUT2D eigenvalue weighted by molar-refractivity contribution is -0.111. The van der Waals surface area contributed by atoms with Crippen molar-refractivity contribution in [1.82, 2.24) is 30.2 Å². The van der Waals surface area contributed by atoms with Crippen molar-refractivity contribution in [3.8, 4) is 28.3 Å². The second kappa shape index (κ2) is 9.85. The third-order valence-electron chi connectivity index (χ3n) is 5.25. The molecule has 0 unspecified atom stereocenters. The monoisotopic (exact) mass is 476 g/mol. The molecule has 0 bridgehead atoms. The van der Waals surface area contributed by atoms with E-state index < -0.39 is 0 Å². The first-order valence-electron chi connectivity index (χ1n) is 10.9. The zero-order chi connectivity index (χ0) is 24.9. The lowest BCUT2D eigenvalue weighted by Crippen LogP contribution is -2.14. The minimum atomic E-state index is -0.337. The number of aromatic nitrogens is 6. The Morgan fingerprint density at radius 3 is 2.53 bits per heavy atom. The maximum absolute atomic E-state index is 12.8. The minimum absolute atomic E-state index is 0.276. The predicted octanol–water partition coefficient (Wildman–Crippen LogP) is 4.10. The maximum Gasteiger partial charge on any atom is 0.274 e. The summed E-state index contributed by atoms with van der Waals surface area (Å²) in [6.45, 7) is 3.44. The normalized spacial score (nSPS) is 10.6. The van der Waals surface area contributed by atoms with Crippen molar-refractivity contribution in [2.45, 2.75) is 0 Å². The van der Waals surface area contributed by atoms with Crippen LogP contribution in [0.5, 0.6) is 0 Å². The number of rotatable bonds is 7. The Hall–Kier alpha value is -5.38. The van der Waals surface area contributed by atoms with Gasteiger partial charge in [-0.15, -0.1) is 5.10 Å². The summed E-state index contributed by atoms with van der Waals surface area (Å²) in [6, 6.07) is 21.5. The minimum Gasteiger partial charge on any atom is -0.323 e. The predicted molar refractivity (Wildman–Crippen MR) is 135 cm³/mol. The molecular formula is C26H20N8O2. The standard InChI is InChI=1S/C26H20N8O2/c1-2-25(35)28-18-11-9-17(10-12-18)24-16-34(33-32-24)20-6-3-5-19(15-20)29-26(36)23-8-4-7-21(30-23)22-13-14-27-31-22/h2-16H,1H2,(H,27,31)(H,28,35)(H,29,36). The number of carbonyl (C=O) groups excluding carboxylic acids is 2. The van der Waals surface area contributed by atoms with Crippen LogP contribution in [-0.2, 0) is 4.79 Å². The van der Waals surface area contributed by atoms with Crippen LogP contribution in [0, 0.1) is 0 Å². The number of pyridine rings is 1. The molecule has 2 aromatic carbocycles. The second-order valence-electron chi connectivity index (χ2n) is 7.70. The molecule has 0 saturated carbocycles. The topological polar surface area (TPSA) is 130 Å². The van der Waals surface area contributed by atoms with Crippen LogP contribution < -0.4 is 10.6 Å². The molecule has 5 aromatic rings. The summed E-state index contributed by atoms with van der Waals surface area (Å²) in [4.78, 5) is 28.7. The van der Waals surface area contributed by atoms with Crippen LogP contribution in [-0.4, -0.2) is 42.0 Å². The van der Waals surface area contributed by atoms with E-state index in [9.17, 15) is 9.59 Å². The van der Waals surface area contributed by atoms with Crippen molar-refractivity contribution >= 4 is 23.2 Å². The summed E-state index contributed by atoms with van der Waals surface area (Å²) in [7, 11) is 0. The molecule has 5 rings (SSSR count). The van der Waals surface area contributed by atoms with E-state index in [1.54, 1.807) is 65.6 Å². The number of hydrogen-bond acceptors (Lipinski definition) is 6. The summed E-state index contributed by atoms with van der Waals surface area (Å²) < 4.78 is 1.62. The number of benzene rings is 2. The van der Waals surface area contributed by atoms with E-state index in [1.165, 1.54) is 6.08 Å². The molecule has 10 nitrogen and oxygen atoms in total. The van der Waals surface area contributed by atoms with E-state index in [1.807, 2.05) is 24.3 Å². The summed E-state index contributed by atoms with van der Waals surface area (Å²) in [5.41, 5.74) is 5.10. The van der Waals surface area contributed by atoms with Gasteiger partial charge in [-0.3, -0.25) is 14.7 Å². The second-order valence-corrected chi connectivity index (χ2v) is 7.70. The average Bonchev–Trinajstić information content (AvgIpc) is 3.62. The van der Waals surface area contributed by atoms with Crippen LogP contribution in [0.15, 0.2) is 97.8 Å². The number of aromatic amines is 1. The van der Waals surface area contributed by atoms with Crippen LogP contribution in [0.25, 0.3) is 28.3 Å². The number of hydrogen-bond donors (Lipinski definition) is 3. The molecule has 0 radical (unpaired) electrons. The molecule has 176 valence electrons. The molecule has 0 aliphatic heterocycles. The number of carbonyl (C=O) groups is 2. The largest absolute Gasteiger partial charge is 0.323 e. The number of H-pyrrole nitrogens is 1. The first-order chi connectivity index (χ1) is 17.6. The highest BCUT2D eigenvalue weighted by Crippen LogP contribution is 2.22. The fraction of sp³-hybridized carbons (Fsp3) is 0. The van der Waals surface area contributed by atoms with Gasteiger partial charge in [0.05, 0.1) is 23.3 Å². The highest BCUT2D eigenvalue weighted by molar-refractivity contribution is 6.03. The zero-order valence-electron chi connectivity index (χ0n) is 18.9. The fourth-order valence-corrected chi connectivity index (χ4v) is 3.47. The van der Waals surface area contributed by atoms with E-state index in [4.69, 9.17) is 0 Å². The lowest BCUT2D eigenvalue weighted by Gasteiger charge is -2.08. The molecule has 0 atom stereocenters. The number of amides is 2. The fourth-order valence-electron chi connectivity index (χ4n) is 3.47. The molecule has 2 amide bonds. The van der Waals surface area contributed by atoms with Gasteiger partial charge in [-0.25, -0.2) is 9.67 Å². The van der Waals surface area contributed by atoms with Gasteiger partial charge in [-0.1, -0.05) is 36.1 Å². The Balaban J connectivity index is 1.31. The van der Waals surface area contributed by atoms with Gasteiger partial charge in [-0.2, -0.15) is 5.10 Å². The van der Waals surface area contributed by atoms with Gasteiger partial charge in [-0.05, 0) is 54.6 Å². The van der Waals surface area contributed by atoms with Gasteiger partial charge in [0.25, 0.3) is 5.91 Å². The average molecular weight is 477 g/mol. The van der Waals surface area contributed by atoms with E-state index >= 15 is 0 Å². The van der Waals surface area contributed by atoms with Gasteiger partial charge in [0.1, 0.15) is 11.4 Å². The van der Waals surface area contributed by atoms with Crippen molar-refractivity contribution in [3.63, 3.8) is 0 Å². The molecule has 3 aromatic heterocycles. The Labute approximate surface area is 205 Å². The first-order valence-corrected chi connectivity index (χ1v) is 10.9. The van der Waals surface area contributed by atoms with Gasteiger partial charge in [0.15, 0.2) is 0 Å². The lowest BCUT2D eigenvalue weighted by atomic mass is 10.1. The van der Waals surface area contributed by atoms with Crippen LogP contribution in [0.4, 0.5) is 11.4 Å². The van der Waals surface area contributed by atoms with E-state index in [0.717, 1.165) is 16.9 Å². The summed E-state index contributed by atoms with van der Waals surface area (Å²) >= 11 is 0. The van der Waals surface area contributed by atoms with Gasteiger partial charge in [0, 0.05) is 23.1 Å². The van der Waals surface area contributed by atoms with Crippen LogP contribution in [0.2, 0.25) is 0 Å². The first kappa shape index (κ1) is 22.4. The molecule has 3 heterocycles. The van der Waals surface area contributed by atoms with Crippen molar-refractivity contribution in [1.29, 1.82) is 0 Å². The molecule has 3 N–H and O–H groups in total. The number of nitrogens with one attached hydrogen (secondary N) is 3. The van der Waals surface area contributed by atoms with Crippen LogP contribution in [0.1, 0.15) is 10.5 Å². The van der Waals surface area contributed by atoms with Gasteiger partial charge in [0.2, 0.25) is 5.91 Å². The van der Waals surface area contributed by atoms with E-state index in [2.05, 4.69) is 42.7 Å². The quantitative estimate of drug-likeness (QED) is 0.303. The van der Waals surface area contributed by atoms with Crippen LogP contribution in [0.3, 0.4) is 0 Å². The van der Waals surface area contributed by atoms with Crippen molar-refractivity contribution in [2.24, 2.45) is 0 Å². The number of anilines is 2. The van der Waals surface area contributed by atoms with Crippen LogP contribution >= 0.6 is 0 Å². The molecule has 0 aliphatic carbocycles. The Bertz CT molecular complexity index is 1540. The maximum atomic E-state index is 12.8. The third kappa shape index (κ3) is 4.92. The van der Waals surface area contributed by atoms with Crippen molar-refractivity contribution < 1.29 is 9.59 Å². The van der Waals surface area contributed by atoms with Crippen molar-refractivity contribution in [2.75, 3.05) is 10.6 Å². The smallest absolute Gasteiger partial charge is 0.274 e. The van der Waals surface area contributed by atoms with Gasteiger partial charge < -0.3 is 10.6 Å². The summed E-state index contributed by atoms with van der Waals surface area (Å²) in [5.74, 6) is -0.613. The van der Waals surface area contributed by atoms with E-state index in [0.29, 0.717) is 22.8 Å². The zero-order valence-corrected chi connectivity index (χ0v) is 18.9. The van der Waals surface area contributed by atoms with Gasteiger partial charge >= 0.3 is 0 Å². The molecular weight excluding hydrogens is 456 g/mol. The number of nitrogens with zero attached hydrogens (tertiary/aromatic N) is 5. The highest BCUT2D eigenvalue weighted by Gasteiger charge is 2.12. The third-order valence-corrected chi connectivity index (χ3v) is 5.25. The van der Waals surface area contributed by atoms with E-state index in [-0.39, 0.29) is 17.5 Å².